The standard InChI is InChI=1S/C21H24N2O3S/c1-2-26-21(25)19-14-23(15-22-19)13-17(24)9-6-12-27-20-11-5-8-16-7-3-4-10-18(16)20/h3-5,7-8,10-11,14-15,17,24H,2,6,9,12-13H2,1H3/t17-/m0/s1. The second kappa shape index (κ2) is 9.58. The Morgan fingerprint density at radius 1 is 1.26 bits per heavy atom. The Bertz CT molecular complexity index is 889. The molecule has 3 aromatic rings. The van der Waals surface area contributed by atoms with Crippen LogP contribution in [0.25, 0.3) is 10.8 Å². The molecule has 0 amide bonds. The summed E-state index contributed by atoms with van der Waals surface area (Å²) in [5, 5.41) is 12.8. The van der Waals surface area contributed by atoms with Crippen LogP contribution in [-0.4, -0.2) is 39.1 Å². The van der Waals surface area contributed by atoms with Crippen LogP contribution < -0.4 is 0 Å². The van der Waals surface area contributed by atoms with Crippen LogP contribution in [0.4, 0.5) is 0 Å². The van der Waals surface area contributed by atoms with Crippen LogP contribution in [0.1, 0.15) is 30.3 Å². The molecule has 1 N–H and O–H groups in total. The highest BCUT2D eigenvalue weighted by molar-refractivity contribution is 7.99. The van der Waals surface area contributed by atoms with E-state index in [4.69, 9.17) is 4.74 Å². The predicted molar refractivity (Wildman–Crippen MR) is 108 cm³/mol. The van der Waals surface area contributed by atoms with Crippen LogP contribution in [0.15, 0.2) is 59.9 Å². The molecule has 0 aliphatic rings. The largest absolute Gasteiger partial charge is 0.461 e. The van der Waals surface area contributed by atoms with E-state index in [0.29, 0.717) is 19.6 Å². The third-order valence-corrected chi connectivity index (χ3v) is 5.39. The normalized spacial score (nSPS) is 12.2. The van der Waals surface area contributed by atoms with Crippen molar-refractivity contribution in [3.63, 3.8) is 0 Å². The zero-order valence-electron chi connectivity index (χ0n) is 15.4. The van der Waals surface area contributed by atoms with Crippen molar-refractivity contribution in [2.75, 3.05) is 12.4 Å². The minimum Gasteiger partial charge on any atom is -0.461 e. The smallest absolute Gasteiger partial charge is 0.358 e. The fourth-order valence-corrected chi connectivity index (χ4v) is 3.97. The van der Waals surface area contributed by atoms with Crippen molar-refractivity contribution in [3.05, 3.63) is 60.7 Å². The van der Waals surface area contributed by atoms with Gasteiger partial charge in [-0.3, -0.25) is 0 Å². The lowest BCUT2D eigenvalue weighted by Gasteiger charge is -2.11. The van der Waals surface area contributed by atoms with Gasteiger partial charge in [-0.05, 0) is 42.4 Å². The third kappa shape index (κ3) is 5.34. The van der Waals surface area contributed by atoms with Gasteiger partial charge in [0.05, 0.1) is 19.0 Å². The molecule has 0 unspecified atom stereocenters. The number of carbonyl (C=O) groups is 1. The van der Waals surface area contributed by atoms with E-state index in [1.54, 1.807) is 24.0 Å². The summed E-state index contributed by atoms with van der Waals surface area (Å²) in [5.74, 6) is 0.514. The first-order valence-corrected chi connectivity index (χ1v) is 10.1. The molecule has 0 spiro atoms. The number of hydrogen-bond acceptors (Lipinski definition) is 5. The van der Waals surface area contributed by atoms with Gasteiger partial charge in [-0.1, -0.05) is 36.4 Å². The van der Waals surface area contributed by atoms with Crippen molar-refractivity contribution in [2.24, 2.45) is 0 Å². The minimum absolute atomic E-state index is 0.274. The fourth-order valence-electron chi connectivity index (χ4n) is 2.93. The van der Waals surface area contributed by atoms with Crippen molar-refractivity contribution in [1.82, 2.24) is 9.55 Å². The average molecular weight is 385 g/mol. The molecule has 0 saturated carbocycles. The molecule has 0 fully saturated rings. The van der Waals surface area contributed by atoms with Gasteiger partial charge in [0.15, 0.2) is 5.69 Å². The number of ether oxygens (including phenoxy) is 1. The van der Waals surface area contributed by atoms with Crippen molar-refractivity contribution in [3.8, 4) is 0 Å². The Kier molecular flexibility index (Phi) is 6.90. The van der Waals surface area contributed by atoms with E-state index in [0.717, 1.165) is 12.2 Å². The predicted octanol–water partition coefficient (Wildman–Crippen LogP) is 4.15. The van der Waals surface area contributed by atoms with Crippen LogP contribution in [-0.2, 0) is 11.3 Å². The molecule has 0 saturated heterocycles. The molecule has 0 bridgehead atoms. The summed E-state index contributed by atoms with van der Waals surface area (Å²) in [4.78, 5) is 16.9. The summed E-state index contributed by atoms with van der Waals surface area (Å²) in [5.41, 5.74) is 0.274. The van der Waals surface area contributed by atoms with E-state index in [2.05, 4.69) is 47.4 Å². The summed E-state index contributed by atoms with van der Waals surface area (Å²) in [7, 11) is 0. The summed E-state index contributed by atoms with van der Waals surface area (Å²) in [6.07, 6.45) is 4.31. The molecular weight excluding hydrogens is 360 g/mol. The number of nitrogens with zero attached hydrogens (tertiary/aromatic N) is 2. The van der Waals surface area contributed by atoms with Crippen LogP contribution in [0.3, 0.4) is 0 Å². The van der Waals surface area contributed by atoms with E-state index in [-0.39, 0.29) is 5.69 Å². The van der Waals surface area contributed by atoms with Crippen molar-refractivity contribution in [2.45, 2.75) is 37.3 Å². The Balaban J connectivity index is 1.44. The Morgan fingerprint density at radius 2 is 2.07 bits per heavy atom. The second-order valence-electron chi connectivity index (χ2n) is 6.30. The molecule has 1 aromatic heterocycles. The molecule has 0 aliphatic heterocycles. The Hall–Kier alpha value is -2.31. The first-order chi connectivity index (χ1) is 13.2. The number of rotatable bonds is 9. The van der Waals surface area contributed by atoms with Crippen molar-refractivity contribution >= 4 is 28.5 Å². The summed E-state index contributed by atoms with van der Waals surface area (Å²) in [6, 6.07) is 14.7. The monoisotopic (exact) mass is 384 g/mol. The highest BCUT2D eigenvalue weighted by Crippen LogP contribution is 2.28. The molecule has 2 aromatic carbocycles. The SMILES string of the molecule is CCOC(=O)c1cn(C[C@@H](O)CCCSc2cccc3ccccc23)cn1. The van der Waals surface area contributed by atoms with Crippen molar-refractivity contribution < 1.29 is 14.6 Å². The molecule has 27 heavy (non-hydrogen) atoms. The molecule has 1 heterocycles. The van der Waals surface area contributed by atoms with E-state index >= 15 is 0 Å². The molecule has 5 nitrogen and oxygen atoms in total. The number of imidazole rings is 1. The molecule has 3 rings (SSSR count). The Morgan fingerprint density at radius 3 is 2.93 bits per heavy atom. The van der Waals surface area contributed by atoms with Gasteiger partial charge in [0.2, 0.25) is 0 Å². The molecule has 0 radical (unpaired) electrons. The summed E-state index contributed by atoms with van der Waals surface area (Å²) < 4.78 is 6.65. The number of aliphatic hydroxyl groups is 1. The van der Waals surface area contributed by atoms with Crippen molar-refractivity contribution in [1.29, 1.82) is 0 Å². The number of aliphatic hydroxyl groups excluding tert-OH is 1. The lowest BCUT2D eigenvalue weighted by molar-refractivity contribution is 0.0519. The summed E-state index contributed by atoms with van der Waals surface area (Å²) in [6.45, 7) is 2.50. The molecular formula is C21H24N2O3S. The number of aromatic nitrogens is 2. The van der Waals surface area contributed by atoms with E-state index in [1.165, 1.54) is 15.7 Å². The van der Waals surface area contributed by atoms with Gasteiger partial charge in [-0.15, -0.1) is 11.8 Å². The third-order valence-electron chi connectivity index (χ3n) is 4.23. The number of esters is 1. The molecule has 0 aliphatic carbocycles. The first-order valence-electron chi connectivity index (χ1n) is 9.15. The first kappa shape index (κ1) is 19.5. The molecule has 142 valence electrons. The van der Waals surface area contributed by atoms with Gasteiger partial charge in [0.25, 0.3) is 0 Å². The topological polar surface area (TPSA) is 64.3 Å². The zero-order chi connectivity index (χ0) is 19.1. The number of hydrogen-bond donors (Lipinski definition) is 1. The van der Waals surface area contributed by atoms with Crippen LogP contribution in [0.2, 0.25) is 0 Å². The van der Waals surface area contributed by atoms with E-state index < -0.39 is 12.1 Å². The fraction of sp³-hybridized carbons (Fsp3) is 0.333. The van der Waals surface area contributed by atoms with E-state index in [9.17, 15) is 9.90 Å². The Labute approximate surface area is 163 Å². The van der Waals surface area contributed by atoms with Gasteiger partial charge in [-0.2, -0.15) is 0 Å². The van der Waals surface area contributed by atoms with Gasteiger partial charge in [0.1, 0.15) is 0 Å². The average Bonchev–Trinajstić information content (AvgIpc) is 3.14. The number of carbonyl (C=O) groups excluding carboxylic acids is 1. The maximum atomic E-state index is 11.6. The van der Waals surface area contributed by atoms with E-state index in [1.807, 2.05) is 11.8 Å². The number of benzene rings is 2. The minimum atomic E-state index is -0.470. The zero-order valence-corrected chi connectivity index (χ0v) is 16.2. The van der Waals surface area contributed by atoms with Gasteiger partial charge < -0.3 is 14.4 Å². The summed E-state index contributed by atoms with van der Waals surface area (Å²) >= 11 is 1.82. The highest BCUT2D eigenvalue weighted by atomic mass is 32.2. The second-order valence-corrected chi connectivity index (χ2v) is 7.43. The van der Waals surface area contributed by atoms with Crippen LogP contribution >= 0.6 is 11.8 Å². The lowest BCUT2D eigenvalue weighted by Crippen LogP contribution is -2.15. The van der Waals surface area contributed by atoms with Gasteiger partial charge in [0, 0.05) is 17.6 Å². The maximum absolute atomic E-state index is 11.6. The lowest BCUT2D eigenvalue weighted by atomic mass is 10.1. The molecule has 1 atom stereocenters. The highest BCUT2D eigenvalue weighted by Gasteiger charge is 2.12. The maximum Gasteiger partial charge on any atom is 0.358 e. The van der Waals surface area contributed by atoms with Gasteiger partial charge in [-0.25, -0.2) is 9.78 Å². The van der Waals surface area contributed by atoms with Gasteiger partial charge >= 0.3 is 5.97 Å². The van der Waals surface area contributed by atoms with Crippen LogP contribution in [0, 0.1) is 0 Å². The molecule has 6 heteroatoms. The number of thioether (sulfide) groups is 1. The number of fused-ring (bicyclic) bond motifs is 1. The van der Waals surface area contributed by atoms with Crippen LogP contribution in [0.5, 0.6) is 0 Å². The quantitative estimate of drug-likeness (QED) is 0.341.